The third kappa shape index (κ3) is 4.75. The number of aromatic nitrogens is 3. The first-order chi connectivity index (χ1) is 24.2. The fourth-order valence-electron chi connectivity index (χ4n) is 6.85. The van der Waals surface area contributed by atoms with Crippen molar-refractivity contribution in [3.05, 3.63) is 158 Å². The maximum absolute atomic E-state index is 6.56. The van der Waals surface area contributed by atoms with Gasteiger partial charge in [-0.3, -0.25) is 0 Å². The van der Waals surface area contributed by atoms with E-state index in [4.69, 9.17) is 23.8 Å². The van der Waals surface area contributed by atoms with Crippen LogP contribution in [0.25, 0.3) is 94.1 Å². The summed E-state index contributed by atoms with van der Waals surface area (Å²) in [6, 6.07) is 41.3. The Bertz CT molecular complexity index is 2800. The van der Waals surface area contributed by atoms with E-state index in [2.05, 4.69) is 85.4 Å². The largest absolute Gasteiger partial charge is 0.456 e. The molecule has 5 heteroatoms. The Morgan fingerprint density at radius 1 is 0.592 bits per heavy atom. The minimum Gasteiger partial charge on any atom is -0.456 e. The smallest absolute Gasteiger partial charge is 0.165 e. The lowest BCUT2D eigenvalue weighted by atomic mass is 9.94. The summed E-state index contributed by atoms with van der Waals surface area (Å²) in [5, 5.41) is 6.18. The van der Waals surface area contributed by atoms with Crippen LogP contribution in [0.3, 0.4) is 0 Å². The van der Waals surface area contributed by atoms with Gasteiger partial charge in [0.2, 0.25) is 0 Å². The van der Waals surface area contributed by atoms with Gasteiger partial charge in [0, 0.05) is 38.2 Å². The van der Waals surface area contributed by atoms with E-state index in [1.54, 1.807) is 6.08 Å². The maximum Gasteiger partial charge on any atom is 0.165 e. The van der Waals surface area contributed by atoms with Gasteiger partial charge in [0.15, 0.2) is 17.5 Å². The molecule has 9 rings (SSSR count). The van der Waals surface area contributed by atoms with Gasteiger partial charge in [-0.05, 0) is 65.2 Å². The van der Waals surface area contributed by atoms with Gasteiger partial charge in [-0.2, -0.15) is 0 Å². The molecule has 0 radical (unpaired) electrons. The summed E-state index contributed by atoms with van der Waals surface area (Å²) in [6.07, 6.45) is 7.66. The number of para-hydroxylation sites is 1. The predicted molar refractivity (Wildman–Crippen MR) is 201 cm³/mol. The molecule has 0 aliphatic heterocycles. The molecule has 0 saturated carbocycles. The van der Waals surface area contributed by atoms with E-state index < -0.39 is 0 Å². The molecule has 0 fully saturated rings. The number of rotatable bonds is 6. The zero-order chi connectivity index (χ0) is 32.9. The zero-order valence-corrected chi connectivity index (χ0v) is 26.7. The number of hydrogen-bond acceptors (Lipinski definition) is 5. The van der Waals surface area contributed by atoms with Gasteiger partial charge in [0.1, 0.15) is 22.3 Å². The average molecular weight is 632 g/mol. The van der Waals surface area contributed by atoms with E-state index in [9.17, 15) is 0 Å². The molecule has 49 heavy (non-hydrogen) atoms. The number of hydrogen-bond donors (Lipinski definition) is 0. The van der Waals surface area contributed by atoms with Crippen molar-refractivity contribution >= 4 is 60.2 Å². The van der Waals surface area contributed by atoms with Gasteiger partial charge in [0.05, 0.1) is 0 Å². The van der Waals surface area contributed by atoms with Crippen molar-refractivity contribution in [2.45, 2.75) is 6.92 Å². The van der Waals surface area contributed by atoms with Gasteiger partial charge >= 0.3 is 0 Å². The molecule has 0 spiro atoms. The molecule has 3 heterocycles. The Labute approximate surface area is 282 Å². The van der Waals surface area contributed by atoms with Gasteiger partial charge in [-0.25, -0.2) is 15.0 Å². The average Bonchev–Trinajstić information content (AvgIpc) is 3.71. The summed E-state index contributed by atoms with van der Waals surface area (Å²) < 4.78 is 12.8. The molecule has 0 bridgehead atoms. The van der Waals surface area contributed by atoms with Crippen molar-refractivity contribution in [1.82, 2.24) is 15.0 Å². The van der Waals surface area contributed by atoms with E-state index >= 15 is 0 Å². The second kappa shape index (κ2) is 11.6. The molecule has 0 amide bonds. The molecule has 9 aromatic rings. The van der Waals surface area contributed by atoms with Crippen LogP contribution in [-0.4, -0.2) is 15.0 Å². The fraction of sp³-hybridized carbons (Fsp3) is 0.0227. The van der Waals surface area contributed by atoms with Crippen molar-refractivity contribution in [2.75, 3.05) is 0 Å². The third-order valence-corrected chi connectivity index (χ3v) is 8.99. The molecule has 0 aliphatic rings. The Kier molecular flexibility index (Phi) is 6.76. The van der Waals surface area contributed by atoms with E-state index in [1.807, 2.05) is 67.6 Å². The summed E-state index contributed by atoms with van der Waals surface area (Å²) in [4.78, 5) is 15.7. The minimum atomic E-state index is 0.539. The van der Waals surface area contributed by atoms with Crippen LogP contribution in [0.5, 0.6) is 0 Å². The molecule has 6 aromatic carbocycles. The SMILES string of the molecule is C=C/C=C(\C=C/C)c1nc(-c2cccc3oc4ccccc4c23)nc(-c2c(-c3ccccc3)ccc3oc4cc5ccccc5cc4c23)n1. The number of allylic oxidation sites excluding steroid dienone is 5. The molecule has 232 valence electrons. The molecule has 3 aromatic heterocycles. The Hall–Kier alpha value is -6.59. The monoisotopic (exact) mass is 631 g/mol. The number of furan rings is 2. The van der Waals surface area contributed by atoms with Crippen LogP contribution >= 0.6 is 0 Å². The van der Waals surface area contributed by atoms with E-state index in [0.29, 0.717) is 17.5 Å². The van der Waals surface area contributed by atoms with E-state index in [-0.39, 0.29) is 0 Å². The first-order valence-corrected chi connectivity index (χ1v) is 16.3. The number of nitrogens with zero attached hydrogens (tertiary/aromatic N) is 3. The lowest BCUT2D eigenvalue weighted by Crippen LogP contribution is -2.03. The maximum atomic E-state index is 6.56. The Morgan fingerprint density at radius 2 is 1.31 bits per heavy atom. The van der Waals surface area contributed by atoms with Crippen molar-refractivity contribution in [3.8, 4) is 33.9 Å². The van der Waals surface area contributed by atoms with Gasteiger partial charge in [-0.15, -0.1) is 0 Å². The normalized spacial score (nSPS) is 12.3. The lowest BCUT2D eigenvalue weighted by Gasteiger charge is -2.14. The summed E-state index contributed by atoms with van der Waals surface area (Å²) in [6.45, 7) is 5.96. The quantitative estimate of drug-likeness (QED) is 0.171. The topological polar surface area (TPSA) is 65.0 Å². The van der Waals surface area contributed by atoms with Crippen LogP contribution in [0, 0.1) is 0 Å². The van der Waals surface area contributed by atoms with Crippen molar-refractivity contribution < 1.29 is 8.83 Å². The van der Waals surface area contributed by atoms with Crippen LogP contribution in [0.15, 0.2) is 161 Å². The molecule has 0 saturated heterocycles. The van der Waals surface area contributed by atoms with Crippen LogP contribution in [0.2, 0.25) is 0 Å². The van der Waals surface area contributed by atoms with Gasteiger partial charge in [0.25, 0.3) is 0 Å². The number of fused-ring (bicyclic) bond motifs is 7. The van der Waals surface area contributed by atoms with Crippen LogP contribution < -0.4 is 0 Å². The van der Waals surface area contributed by atoms with Gasteiger partial charge in [-0.1, -0.05) is 116 Å². The standard InChI is InChI=1S/C44H29N3O2/c1-3-13-28(14-4-2)42-45-43(33-20-12-22-36-39(33)32-19-10-11-21-35(32)48-36)47-44(46-42)41-31(27-15-6-5-7-16-27)23-24-37-40(41)34-25-29-17-8-9-18-30(29)26-38(34)49-37/h3-26H,1H2,2H3/b14-4-,28-13+. The summed E-state index contributed by atoms with van der Waals surface area (Å²) in [5.74, 6) is 1.63. The predicted octanol–water partition coefficient (Wildman–Crippen LogP) is 12.0. The molecular weight excluding hydrogens is 603 g/mol. The first kappa shape index (κ1) is 28.6. The highest BCUT2D eigenvalue weighted by Crippen LogP contribution is 2.44. The summed E-state index contributed by atoms with van der Waals surface area (Å²) in [5.41, 5.74) is 7.78. The van der Waals surface area contributed by atoms with E-state index in [0.717, 1.165) is 82.5 Å². The van der Waals surface area contributed by atoms with E-state index in [1.165, 1.54) is 0 Å². The highest BCUT2D eigenvalue weighted by atomic mass is 16.3. The second-order valence-electron chi connectivity index (χ2n) is 12.0. The van der Waals surface area contributed by atoms with Crippen LogP contribution in [-0.2, 0) is 0 Å². The zero-order valence-electron chi connectivity index (χ0n) is 26.7. The lowest BCUT2D eigenvalue weighted by molar-refractivity contribution is 0.669. The van der Waals surface area contributed by atoms with Crippen molar-refractivity contribution in [2.24, 2.45) is 0 Å². The van der Waals surface area contributed by atoms with Crippen LogP contribution in [0.4, 0.5) is 0 Å². The summed E-state index contributed by atoms with van der Waals surface area (Å²) in [7, 11) is 0. The summed E-state index contributed by atoms with van der Waals surface area (Å²) >= 11 is 0. The highest BCUT2D eigenvalue weighted by Gasteiger charge is 2.23. The molecular formula is C44H29N3O2. The molecule has 0 N–H and O–H groups in total. The fourth-order valence-corrected chi connectivity index (χ4v) is 6.85. The highest BCUT2D eigenvalue weighted by molar-refractivity contribution is 6.18. The molecule has 0 aliphatic carbocycles. The Morgan fingerprint density at radius 3 is 2.14 bits per heavy atom. The van der Waals surface area contributed by atoms with Crippen molar-refractivity contribution in [1.29, 1.82) is 0 Å². The first-order valence-electron chi connectivity index (χ1n) is 16.3. The second-order valence-corrected chi connectivity index (χ2v) is 12.0. The van der Waals surface area contributed by atoms with Gasteiger partial charge < -0.3 is 8.83 Å². The number of benzene rings is 6. The van der Waals surface area contributed by atoms with Crippen molar-refractivity contribution in [3.63, 3.8) is 0 Å². The van der Waals surface area contributed by atoms with Crippen LogP contribution in [0.1, 0.15) is 12.7 Å². The third-order valence-electron chi connectivity index (χ3n) is 8.99. The molecule has 0 unspecified atom stereocenters. The minimum absolute atomic E-state index is 0.539. The molecule has 5 nitrogen and oxygen atoms in total. The Balaban J connectivity index is 1.43. The molecule has 0 atom stereocenters.